The highest BCUT2D eigenvalue weighted by Crippen LogP contribution is 2.03. The lowest BCUT2D eigenvalue weighted by atomic mass is 10.3. The number of aliphatic imine (C=N–C) groups is 1. The van der Waals surface area contributed by atoms with Gasteiger partial charge in [0.25, 0.3) is 0 Å². The summed E-state index contributed by atoms with van der Waals surface area (Å²) in [5.41, 5.74) is 0.958. The van der Waals surface area contributed by atoms with Crippen LogP contribution in [0.1, 0.15) is 31.1 Å². The zero-order valence-electron chi connectivity index (χ0n) is 13.7. The highest BCUT2D eigenvalue weighted by atomic mass is 127. The van der Waals surface area contributed by atoms with Crippen molar-refractivity contribution in [2.45, 2.75) is 39.8 Å². The summed E-state index contributed by atoms with van der Waals surface area (Å²) in [5, 5.41) is 18.4. The van der Waals surface area contributed by atoms with Crippen molar-refractivity contribution < 1.29 is 4.52 Å². The fourth-order valence-electron chi connectivity index (χ4n) is 2.03. The van der Waals surface area contributed by atoms with Crippen molar-refractivity contribution in [1.82, 2.24) is 30.6 Å². The Bertz CT molecular complexity index is 608. The molecule has 0 radical (unpaired) electrons. The largest absolute Gasteiger partial charge is 0.359 e. The van der Waals surface area contributed by atoms with Crippen molar-refractivity contribution in [3.8, 4) is 0 Å². The molecule has 0 bridgehead atoms. The third-order valence-corrected chi connectivity index (χ3v) is 3.28. The SMILES string of the molecule is CCc1cc(CNC(=NC)NCCn2cnnc2CC)on1.I. The Kier molecular flexibility index (Phi) is 8.59. The maximum absolute atomic E-state index is 5.23. The highest BCUT2D eigenvalue weighted by Gasteiger charge is 2.05. The Balaban J connectivity index is 0.00000264. The Morgan fingerprint density at radius 3 is 2.78 bits per heavy atom. The van der Waals surface area contributed by atoms with Gasteiger partial charge >= 0.3 is 0 Å². The topological polar surface area (TPSA) is 93.2 Å². The van der Waals surface area contributed by atoms with Gasteiger partial charge in [-0.1, -0.05) is 19.0 Å². The highest BCUT2D eigenvalue weighted by molar-refractivity contribution is 14.0. The fourth-order valence-corrected chi connectivity index (χ4v) is 2.03. The van der Waals surface area contributed by atoms with Crippen molar-refractivity contribution in [2.24, 2.45) is 4.99 Å². The molecule has 2 heterocycles. The van der Waals surface area contributed by atoms with Gasteiger partial charge in [0.1, 0.15) is 12.2 Å². The van der Waals surface area contributed by atoms with Gasteiger partial charge in [0.05, 0.1) is 12.2 Å². The molecule has 2 N–H and O–H groups in total. The zero-order chi connectivity index (χ0) is 15.8. The molecule has 8 nitrogen and oxygen atoms in total. The molecule has 2 aromatic heterocycles. The molecule has 0 aliphatic heterocycles. The number of hydrogen-bond acceptors (Lipinski definition) is 5. The molecule has 0 amide bonds. The number of rotatable bonds is 7. The third kappa shape index (κ3) is 5.81. The van der Waals surface area contributed by atoms with Gasteiger partial charge in [0, 0.05) is 32.6 Å². The summed E-state index contributed by atoms with van der Waals surface area (Å²) >= 11 is 0. The maximum Gasteiger partial charge on any atom is 0.191 e. The van der Waals surface area contributed by atoms with Crippen molar-refractivity contribution >= 4 is 29.9 Å². The van der Waals surface area contributed by atoms with Gasteiger partial charge < -0.3 is 19.7 Å². The zero-order valence-corrected chi connectivity index (χ0v) is 16.1. The first-order chi connectivity index (χ1) is 10.8. The smallest absolute Gasteiger partial charge is 0.191 e. The number of aryl methyl sites for hydroxylation is 2. The van der Waals surface area contributed by atoms with Crippen LogP contribution < -0.4 is 10.6 Å². The molecule has 0 saturated carbocycles. The third-order valence-electron chi connectivity index (χ3n) is 3.28. The lowest BCUT2D eigenvalue weighted by Crippen LogP contribution is -2.38. The van der Waals surface area contributed by atoms with Crippen LogP contribution in [0, 0.1) is 0 Å². The molecule has 0 aromatic carbocycles. The maximum atomic E-state index is 5.23. The van der Waals surface area contributed by atoms with E-state index >= 15 is 0 Å². The Hall–Kier alpha value is -1.65. The van der Waals surface area contributed by atoms with Crippen molar-refractivity contribution in [1.29, 1.82) is 0 Å². The standard InChI is InChI=1S/C14H23N7O.HI/c1-4-11-8-12(22-20-11)9-17-14(15-3)16-6-7-21-10-18-19-13(21)5-2;/h8,10H,4-7,9H2,1-3H3,(H2,15,16,17);1H. The van der Waals surface area contributed by atoms with E-state index < -0.39 is 0 Å². The van der Waals surface area contributed by atoms with Crippen molar-refractivity contribution in [3.05, 3.63) is 29.7 Å². The number of hydrogen-bond donors (Lipinski definition) is 2. The van der Waals surface area contributed by atoms with Crippen molar-refractivity contribution in [3.63, 3.8) is 0 Å². The summed E-state index contributed by atoms with van der Waals surface area (Å²) in [6, 6.07) is 1.95. The predicted octanol–water partition coefficient (Wildman–Crippen LogP) is 1.37. The van der Waals surface area contributed by atoms with Crippen LogP contribution in [0.4, 0.5) is 0 Å². The minimum atomic E-state index is 0. The van der Waals surface area contributed by atoms with Crippen LogP contribution in [0.15, 0.2) is 21.9 Å². The molecular weight excluding hydrogens is 409 g/mol. The van der Waals surface area contributed by atoms with Crippen molar-refractivity contribution in [2.75, 3.05) is 13.6 Å². The van der Waals surface area contributed by atoms with E-state index in [1.165, 1.54) is 0 Å². The van der Waals surface area contributed by atoms with Gasteiger partial charge in [0.2, 0.25) is 0 Å². The van der Waals surface area contributed by atoms with E-state index in [4.69, 9.17) is 4.52 Å². The molecule has 0 atom stereocenters. The minimum absolute atomic E-state index is 0. The summed E-state index contributed by atoms with van der Waals surface area (Å²) in [6.07, 6.45) is 3.49. The van der Waals surface area contributed by atoms with E-state index in [2.05, 4.69) is 37.9 Å². The normalized spacial score (nSPS) is 11.2. The van der Waals surface area contributed by atoms with Gasteiger partial charge in [0.15, 0.2) is 11.7 Å². The summed E-state index contributed by atoms with van der Waals surface area (Å²) < 4.78 is 7.26. The predicted molar refractivity (Wildman–Crippen MR) is 98.9 cm³/mol. The van der Waals surface area contributed by atoms with Crippen LogP contribution in [-0.4, -0.2) is 39.5 Å². The molecule has 23 heavy (non-hydrogen) atoms. The average molecular weight is 433 g/mol. The molecule has 0 fully saturated rings. The van der Waals surface area contributed by atoms with Gasteiger partial charge in [-0.3, -0.25) is 4.99 Å². The van der Waals surface area contributed by atoms with Gasteiger partial charge in [-0.2, -0.15) is 0 Å². The van der Waals surface area contributed by atoms with Gasteiger partial charge in [-0.05, 0) is 6.42 Å². The number of guanidine groups is 1. The van der Waals surface area contributed by atoms with E-state index in [0.717, 1.165) is 49.2 Å². The minimum Gasteiger partial charge on any atom is -0.359 e. The molecule has 0 aliphatic carbocycles. The molecule has 0 aliphatic rings. The lowest BCUT2D eigenvalue weighted by Gasteiger charge is -2.11. The number of halogens is 1. The average Bonchev–Trinajstić information content (AvgIpc) is 3.19. The lowest BCUT2D eigenvalue weighted by molar-refractivity contribution is 0.374. The van der Waals surface area contributed by atoms with Crippen LogP contribution in [-0.2, 0) is 25.9 Å². The number of aromatic nitrogens is 4. The first kappa shape index (κ1) is 19.4. The quantitative estimate of drug-likeness (QED) is 0.389. The first-order valence-corrected chi connectivity index (χ1v) is 7.52. The van der Waals surface area contributed by atoms with E-state index in [9.17, 15) is 0 Å². The summed E-state index contributed by atoms with van der Waals surface area (Å²) in [6.45, 7) is 6.20. The Morgan fingerprint density at radius 1 is 1.30 bits per heavy atom. The molecular formula is C14H24IN7O. The van der Waals surface area contributed by atoms with E-state index in [0.29, 0.717) is 6.54 Å². The molecule has 0 unspecified atom stereocenters. The number of nitrogens with zero attached hydrogens (tertiary/aromatic N) is 5. The molecule has 2 aromatic rings. The van der Waals surface area contributed by atoms with E-state index in [1.54, 1.807) is 13.4 Å². The summed E-state index contributed by atoms with van der Waals surface area (Å²) in [4.78, 5) is 4.18. The summed E-state index contributed by atoms with van der Waals surface area (Å²) in [7, 11) is 1.74. The Morgan fingerprint density at radius 2 is 2.13 bits per heavy atom. The van der Waals surface area contributed by atoms with Crippen LogP contribution in [0.3, 0.4) is 0 Å². The van der Waals surface area contributed by atoms with E-state index in [1.807, 2.05) is 17.6 Å². The summed E-state index contributed by atoms with van der Waals surface area (Å²) in [5.74, 6) is 2.51. The molecule has 0 spiro atoms. The van der Waals surface area contributed by atoms with Crippen LogP contribution >= 0.6 is 24.0 Å². The van der Waals surface area contributed by atoms with Gasteiger partial charge in [-0.15, -0.1) is 34.2 Å². The van der Waals surface area contributed by atoms with Crippen LogP contribution in [0.25, 0.3) is 0 Å². The second kappa shape index (κ2) is 10.2. The Labute approximate surface area is 153 Å². The number of nitrogens with one attached hydrogen (secondary N) is 2. The fraction of sp³-hybridized carbons (Fsp3) is 0.571. The second-order valence-electron chi connectivity index (χ2n) is 4.78. The molecule has 128 valence electrons. The van der Waals surface area contributed by atoms with E-state index in [-0.39, 0.29) is 24.0 Å². The molecule has 2 rings (SSSR count). The van der Waals surface area contributed by atoms with Crippen LogP contribution in [0.5, 0.6) is 0 Å². The monoisotopic (exact) mass is 433 g/mol. The molecule has 0 saturated heterocycles. The molecule has 9 heteroatoms. The van der Waals surface area contributed by atoms with Gasteiger partial charge in [-0.25, -0.2) is 0 Å². The van der Waals surface area contributed by atoms with Crippen LogP contribution in [0.2, 0.25) is 0 Å². The first-order valence-electron chi connectivity index (χ1n) is 7.52. The second-order valence-corrected chi connectivity index (χ2v) is 4.78.